The lowest BCUT2D eigenvalue weighted by molar-refractivity contribution is 0.0261. The summed E-state index contributed by atoms with van der Waals surface area (Å²) in [4.78, 5) is 0. The number of rotatable bonds is 3. The van der Waals surface area contributed by atoms with Crippen LogP contribution in [0.4, 0.5) is 0 Å². The van der Waals surface area contributed by atoms with Crippen molar-refractivity contribution in [1.29, 1.82) is 0 Å². The summed E-state index contributed by atoms with van der Waals surface area (Å²) in [6.07, 6.45) is 1.11. The Bertz CT molecular complexity index is 319. The summed E-state index contributed by atoms with van der Waals surface area (Å²) in [6, 6.07) is 4.73. The fourth-order valence-corrected chi connectivity index (χ4v) is 1.68. The summed E-state index contributed by atoms with van der Waals surface area (Å²) < 4.78 is 0. The number of halogens is 1. The highest BCUT2D eigenvalue weighted by Crippen LogP contribution is 2.36. The minimum absolute atomic E-state index is 0.0978. The highest BCUT2D eigenvalue weighted by Gasteiger charge is 2.27. The van der Waals surface area contributed by atoms with Crippen LogP contribution in [0.5, 0.6) is 5.75 Å². The van der Waals surface area contributed by atoms with E-state index in [-0.39, 0.29) is 5.75 Å². The van der Waals surface area contributed by atoms with Crippen molar-refractivity contribution in [2.45, 2.75) is 32.3 Å². The zero-order valence-electron chi connectivity index (χ0n) is 8.42. The van der Waals surface area contributed by atoms with Gasteiger partial charge in [-0.05, 0) is 31.0 Å². The smallest absolute Gasteiger partial charge is 0.121 e. The van der Waals surface area contributed by atoms with Gasteiger partial charge < -0.3 is 10.2 Å². The Balaban J connectivity index is 3.22. The lowest BCUT2D eigenvalue weighted by Gasteiger charge is -2.26. The van der Waals surface area contributed by atoms with Crippen LogP contribution in [0.15, 0.2) is 18.2 Å². The molecule has 0 aromatic heterocycles. The average molecular weight is 215 g/mol. The summed E-state index contributed by atoms with van der Waals surface area (Å²) in [5.41, 5.74) is -0.468. The molecule has 0 bridgehead atoms. The highest BCUT2D eigenvalue weighted by atomic mass is 35.5. The molecule has 0 aliphatic carbocycles. The van der Waals surface area contributed by atoms with Gasteiger partial charge in [-0.25, -0.2) is 0 Å². The zero-order valence-corrected chi connectivity index (χ0v) is 9.17. The van der Waals surface area contributed by atoms with Crippen LogP contribution in [0.3, 0.4) is 0 Å². The monoisotopic (exact) mass is 214 g/mol. The van der Waals surface area contributed by atoms with Crippen molar-refractivity contribution in [2.75, 3.05) is 0 Å². The second-order valence-corrected chi connectivity index (χ2v) is 3.84. The number of hydrogen-bond acceptors (Lipinski definition) is 2. The molecule has 0 saturated carbocycles. The van der Waals surface area contributed by atoms with E-state index in [0.29, 0.717) is 23.4 Å². The molecular formula is C11H15ClO2. The van der Waals surface area contributed by atoms with Gasteiger partial charge in [0.2, 0.25) is 0 Å². The lowest BCUT2D eigenvalue weighted by Crippen LogP contribution is -2.23. The Hall–Kier alpha value is -0.730. The summed E-state index contributed by atoms with van der Waals surface area (Å²) in [6.45, 7) is 3.76. The maximum absolute atomic E-state index is 10.2. The molecule has 2 N–H and O–H groups in total. The van der Waals surface area contributed by atoms with Crippen molar-refractivity contribution in [2.24, 2.45) is 0 Å². The lowest BCUT2D eigenvalue weighted by atomic mass is 9.88. The molecule has 0 amide bonds. The van der Waals surface area contributed by atoms with Crippen LogP contribution >= 0.6 is 11.6 Å². The number of phenols is 1. The summed E-state index contributed by atoms with van der Waals surface area (Å²) in [5, 5.41) is 20.3. The van der Waals surface area contributed by atoms with Crippen molar-refractivity contribution in [3.8, 4) is 5.75 Å². The molecule has 78 valence electrons. The summed E-state index contributed by atoms with van der Waals surface area (Å²) in [7, 11) is 0. The van der Waals surface area contributed by atoms with Gasteiger partial charge in [-0.1, -0.05) is 25.4 Å². The van der Waals surface area contributed by atoms with Gasteiger partial charge in [-0.15, -0.1) is 0 Å². The van der Waals surface area contributed by atoms with Gasteiger partial charge in [0.15, 0.2) is 0 Å². The second-order valence-electron chi connectivity index (χ2n) is 3.40. The molecule has 0 atom stereocenters. The van der Waals surface area contributed by atoms with Gasteiger partial charge in [-0.3, -0.25) is 0 Å². The number of phenolic OH excluding ortho intramolecular Hbond substituents is 1. The van der Waals surface area contributed by atoms with Crippen molar-refractivity contribution in [3.63, 3.8) is 0 Å². The van der Waals surface area contributed by atoms with E-state index in [4.69, 9.17) is 11.6 Å². The number of hydrogen-bond donors (Lipinski definition) is 2. The number of aliphatic hydroxyl groups is 1. The van der Waals surface area contributed by atoms with Gasteiger partial charge in [0, 0.05) is 10.6 Å². The maximum atomic E-state index is 10.2. The fourth-order valence-electron chi connectivity index (χ4n) is 1.51. The Labute approximate surface area is 89.1 Å². The molecule has 1 aromatic carbocycles. The summed E-state index contributed by atoms with van der Waals surface area (Å²) in [5.74, 6) is 0.0978. The fraction of sp³-hybridized carbons (Fsp3) is 0.455. The van der Waals surface area contributed by atoms with Crippen molar-refractivity contribution in [3.05, 3.63) is 28.8 Å². The first-order valence-corrected chi connectivity index (χ1v) is 5.12. The first-order chi connectivity index (χ1) is 6.53. The van der Waals surface area contributed by atoms with E-state index < -0.39 is 5.60 Å². The first-order valence-electron chi connectivity index (χ1n) is 4.75. The summed E-state index contributed by atoms with van der Waals surface area (Å²) >= 11 is 5.81. The zero-order chi connectivity index (χ0) is 10.8. The average Bonchev–Trinajstić information content (AvgIpc) is 2.20. The van der Waals surface area contributed by atoms with Gasteiger partial charge in [0.05, 0.1) is 5.60 Å². The van der Waals surface area contributed by atoms with Crippen LogP contribution in [0.25, 0.3) is 0 Å². The van der Waals surface area contributed by atoms with Crippen LogP contribution in [0.1, 0.15) is 32.3 Å². The topological polar surface area (TPSA) is 40.5 Å². The van der Waals surface area contributed by atoms with Gasteiger partial charge >= 0.3 is 0 Å². The molecule has 3 heteroatoms. The van der Waals surface area contributed by atoms with Gasteiger partial charge in [0.25, 0.3) is 0 Å². The Kier molecular flexibility index (Phi) is 3.40. The molecule has 0 aliphatic heterocycles. The predicted octanol–water partition coefficient (Wildman–Crippen LogP) is 3.05. The SMILES string of the molecule is CCC(O)(CC)c1cc(Cl)ccc1O. The first kappa shape index (κ1) is 11.3. The van der Waals surface area contributed by atoms with Crippen LogP contribution in [0.2, 0.25) is 5.02 Å². The third kappa shape index (κ3) is 2.02. The van der Waals surface area contributed by atoms with Gasteiger partial charge in [-0.2, -0.15) is 0 Å². The predicted molar refractivity (Wildman–Crippen MR) is 57.6 cm³/mol. The minimum Gasteiger partial charge on any atom is -0.508 e. The minimum atomic E-state index is -0.977. The Morgan fingerprint density at radius 3 is 2.36 bits per heavy atom. The quantitative estimate of drug-likeness (QED) is 0.812. The van der Waals surface area contributed by atoms with Crippen molar-refractivity contribution >= 4 is 11.6 Å². The standard InChI is InChI=1S/C11H15ClO2/c1-3-11(14,4-2)9-7-8(12)5-6-10(9)13/h5-7,13-14H,3-4H2,1-2H3. The van der Waals surface area contributed by atoms with E-state index >= 15 is 0 Å². The van der Waals surface area contributed by atoms with E-state index in [1.165, 1.54) is 6.07 Å². The molecule has 1 aromatic rings. The van der Waals surface area contributed by atoms with Gasteiger partial charge in [0.1, 0.15) is 5.75 Å². The molecule has 2 nitrogen and oxygen atoms in total. The molecule has 0 unspecified atom stereocenters. The number of aromatic hydroxyl groups is 1. The maximum Gasteiger partial charge on any atom is 0.121 e. The van der Waals surface area contributed by atoms with Crippen LogP contribution in [-0.2, 0) is 5.60 Å². The van der Waals surface area contributed by atoms with E-state index in [9.17, 15) is 10.2 Å². The van der Waals surface area contributed by atoms with Crippen molar-refractivity contribution in [1.82, 2.24) is 0 Å². The highest BCUT2D eigenvalue weighted by molar-refractivity contribution is 6.30. The van der Waals surface area contributed by atoms with Crippen molar-refractivity contribution < 1.29 is 10.2 Å². The molecule has 0 spiro atoms. The second kappa shape index (κ2) is 4.20. The molecule has 14 heavy (non-hydrogen) atoms. The molecule has 0 heterocycles. The third-order valence-corrected chi connectivity index (χ3v) is 2.86. The molecular weight excluding hydrogens is 200 g/mol. The van der Waals surface area contributed by atoms with Crippen LogP contribution in [-0.4, -0.2) is 10.2 Å². The molecule has 0 aliphatic rings. The van der Waals surface area contributed by atoms with Crippen LogP contribution < -0.4 is 0 Å². The van der Waals surface area contributed by atoms with E-state index in [2.05, 4.69) is 0 Å². The van der Waals surface area contributed by atoms with E-state index in [0.717, 1.165) is 0 Å². The third-order valence-electron chi connectivity index (χ3n) is 2.63. The number of benzene rings is 1. The molecule has 0 saturated heterocycles. The van der Waals surface area contributed by atoms with Crippen LogP contribution in [0, 0.1) is 0 Å². The Morgan fingerprint density at radius 1 is 1.29 bits per heavy atom. The molecule has 0 fully saturated rings. The molecule has 1 rings (SSSR count). The Morgan fingerprint density at radius 2 is 1.86 bits per heavy atom. The van der Waals surface area contributed by atoms with E-state index in [1.54, 1.807) is 12.1 Å². The van der Waals surface area contributed by atoms with E-state index in [1.807, 2.05) is 13.8 Å². The molecule has 0 radical (unpaired) electrons. The largest absolute Gasteiger partial charge is 0.508 e. The normalized spacial score (nSPS) is 11.7.